The normalized spacial score (nSPS) is 22.2. The fourth-order valence-corrected chi connectivity index (χ4v) is 4.67. The van der Waals surface area contributed by atoms with Crippen LogP contribution in [-0.4, -0.2) is 42.4 Å². The average Bonchev–Trinajstić information content (AvgIpc) is 3.12. The highest BCUT2D eigenvalue weighted by molar-refractivity contribution is 7.89. The molecule has 0 amide bonds. The molecule has 2 aromatic rings. The van der Waals surface area contributed by atoms with Crippen LogP contribution in [0, 0.1) is 19.7 Å². The number of H-pyrrole nitrogens is 1. The van der Waals surface area contributed by atoms with Gasteiger partial charge in [-0.1, -0.05) is 12.1 Å². The lowest BCUT2D eigenvalue weighted by molar-refractivity contribution is 0.114. The first-order valence-corrected chi connectivity index (χ1v) is 9.11. The summed E-state index contributed by atoms with van der Waals surface area (Å²) >= 11 is 0. The molecule has 8 heteroatoms. The number of imidazole rings is 1. The van der Waals surface area contributed by atoms with E-state index < -0.39 is 21.9 Å². The Morgan fingerprint density at radius 1 is 1.33 bits per heavy atom. The van der Waals surface area contributed by atoms with Crippen LogP contribution < -0.4 is 0 Å². The van der Waals surface area contributed by atoms with Gasteiger partial charge in [-0.3, -0.25) is 0 Å². The summed E-state index contributed by atoms with van der Waals surface area (Å²) in [5.41, 5.74) is 1.70. The molecule has 24 heavy (non-hydrogen) atoms. The van der Waals surface area contributed by atoms with Gasteiger partial charge in [-0.2, -0.15) is 4.31 Å². The fraction of sp³-hybridized carbons (Fsp3) is 0.438. The van der Waals surface area contributed by atoms with Gasteiger partial charge in [0, 0.05) is 19.3 Å². The van der Waals surface area contributed by atoms with Crippen molar-refractivity contribution >= 4 is 10.0 Å². The number of sulfonamides is 1. The first kappa shape index (κ1) is 17.1. The van der Waals surface area contributed by atoms with E-state index in [2.05, 4.69) is 9.97 Å². The van der Waals surface area contributed by atoms with E-state index in [0.717, 1.165) is 17.5 Å². The van der Waals surface area contributed by atoms with Crippen LogP contribution in [0.4, 0.5) is 4.39 Å². The summed E-state index contributed by atoms with van der Waals surface area (Å²) in [7, 11) is -2.45. The van der Waals surface area contributed by atoms with Gasteiger partial charge in [0.15, 0.2) is 0 Å². The summed E-state index contributed by atoms with van der Waals surface area (Å²) < 4.78 is 46.6. The van der Waals surface area contributed by atoms with Gasteiger partial charge in [0.1, 0.15) is 16.5 Å². The van der Waals surface area contributed by atoms with Crippen LogP contribution in [0.25, 0.3) is 0 Å². The molecule has 1 N–H and O–H groups in total. The number of nitrogens with one attached hydrogen (secondary N) is 1. The molecule has 2 heterocycles. The molecule has 0 radical (unpaired) electrons. The average molecular weight is 353 g/mol. The summed E-state index contributed by atoms with van der Waals surface area (Å²) in [5, 5.41) is 0. The fourth-order valence-electron chi connectivity index (χ4n) is 2.97. The Hall–Kier alpha value is -1.77. The lowest BCUT2D eigenvalue weighted by Gasteiger charge is -2.22. The van der Waals surface area contributed by atoms with Crippen LogP contribution in [-0.2, 0) is 14.8 Å². The van der Waals surface area contributed by atoms with Crippen molar-refractivity contribution in [3.63, 3.8) is 0 Å². The molecular weight excluding hydrogens is 333 g/mol. The Morgan fingerprint density at radius 3 is 2.62 bits per heavy atom. The van der Waals surface area contributed by atoms with Crippen LogP contribution >= 0.6 is 0 Å². The van der Waals surface area contributed by atoms with Crippen LogP contribution in [0.5, 0.6) is 0 Å². The van der Waals surface area contributed by atoms with Gasteiger partial charge in [0.05, 0.1) is 17.8 Å². The van der Waals surface area contributed by atoms with Crippen molar-refractivity contribution in [1.29, 1.82) is 0 Å². The Kier molecular flexibility index (Phi) is 4.46. The Bertz CT molecular complexity index is 831. The zero-order valence-corrected chi connectivity index (χ0v) is 14.6. The zero-order chi connectivity index (χ0) is 17.5. The molecule has 0 aliphatic carbocycles. The number of rotatable bonds is 4. The minimum Gasteiger partial charge on any atom is -0.380 e. The van der Waals surface area contributed by atoms with Crippen molar-refractivity contribution in [2.75, 3.05) is 13.7 Å². The van der Waals surface area contributed by atoms with Crippen LogP contribution in [0.15, 0.2) is 29.2 Å². The summed E-state index contributed by atoms with van der Waals surface area (Å²) in [5.74, 6) is -0.201. The summed E-state index contributed by atoms with van der Waals surface area (Å²) in [6.45, 7) is 3.90. The number of methoxy groups -OCH3 is 1. The first-order valence-electron chi connectivity index (χ1n) is 7.67. The first-order chi connectivity index (χ1) is 11.3. The van der Waals surface area contributed by atoms with E-state index in [-0.39, 0.29) is 17.5 Å². The van der Waals surface area contributed by atoms with Crippen molar-refractivity contribution in [3.05, 3.63) is 47.3 Å². The highest BCUT2D eigenvalue weighted by Crippen LogP contribution is 2.37. The maximum absolute atomic E-state index is 14.1. The van der Waals surface area contributed by atoms with Crippen molar-refractivity contribution in [1.82, 2.24) is 14.3 Å². The number of halogens is 1. The van der Waals surface area contributed by atoms with Crippen LogP contribution in [0.2, 0.25) is 0 Å². The lowest BCUT2D eigenvalue weighted by atomic mass is 10.2. The molecule has 3 rings (SSSR count). The van der Waals surface area contributed by atoms with Crippen LogP contribution in [0.3, 0.4) is 0 Å². The second kappa shape index (κ2) is 6.27. The van der Waals surface area contributed by atoms with E-state index in [4.69, 9.17) is 4.74 Å². The predicted molar refractivity (Wildman–Crippen MR) is 86.5 cm³/mol. The summed E-state index contributed by atoms with van der Waals surface area (Å²) in [6.07, 6.45) is 0.207. The highest BCUT2D eigenvalue weighted by Gasteiger charge is 2.43. The molecule has 130 valence electrons. The number of hydrogen-bond acceptors (Lipinski definition) is 4. The van der Waals surface area contributed by atoms with Crippen molar-refractivity contribution in [2.45, 2.75) is 37.3 Å². The molecule has 1 saturated heterocycles. The number of aromatic nitrogens is 2. The van der Waals surface area contributed by atoms with Gasteiger partial charge < -0.3 is 9.72 Å². The van der Waals surface area contributed by atoms with Gasteiger partial charge in [-0.05, 0) is 32.4 Å². The number of aryl methyl sites for hydroxylation is 2. The highest BCUT2D eigenvalue weighted by atomic mass is 32.2. The molecule has 0 spiro atoms. The topological polar surface area (TPSA) is 75.3 Å². The maximum atomic E-state index is 14.1. The van der Waals surface area contributed by atoms with E-state index in [1.54, 1.807) is 7.11 Å². The lowest BCUT2D eigenvalue weighted by Crippen LogP contribution is -2.33. The standard InChI is InChI=1S/C16H20FN3O3S/c1-10-11(2)19-16(18-10)14-8-12(23-3)9-20(14)24(21,22)15-7-5-4-6-13(15)17/h4-7,12,14H,8-9H2,1-3H3,(H,18,19)/t12-,14+/m1/s1. The second-order valence-electron chi connectivity index (χ2n) is 5.95. The van der Waals surface area contributed by atoms with E-state index in [1.807, 2.05) is 13.8 Å². The van der Waals surface area contributed by atoms with E-state index in [1.165, 1.54) is 22.5 Å². The number of nitrogens with zero attached hydrogens (tertiary/aromatic N) is 2. The largest absolute Gasteiger partial charge is 0.380 e. The number of ether oxygens (including phenoxy) is 1. The third-order valence-corrected chi connectivity index (χ3v) is 6.34. The molecule has 0 unspecified atom stereocenters. The van der Waals surface area contributed by atoms with E-state index >= 15 is 0 Å². The van der Waals surface area contributed by atoms with Crippen LogP contribution in [0.1, 0.15) is 29.7 Å². The van der Waals surface area contributed by atoms with E-state index in [0.29, 0.717) is 12.2 Å². The molecule has 1 aromatic carbocycles. The van der Waals surface area contributed by atoms with Gasteiger partial charge in [-0.25, -0.2) is 17.8 Å². The molecule has 0 saturated carbocycles. The quantitative estimate of drug-likeness (QED) is 0.915. The smallest absolute Gasteiger partial charge is 0.246 e. The van der Waals surface area contributed by atoms with Gasteiger partial charge in [0.2, 0.25) is 10.0 Å². The molecule has 1 aliphatic rings. The van der Waals surface area contributed by atoms with Gasteiger partial charge >= 0.3 is 0 Å². The molecule has 1 aromatic heterocycles. The maximum Gasteiger partial charge on any atom is 0.246 e. The Balaban J connectivity index is 2.04. The summed E-state index contributed by atoms with van der Waals surface area (Å²) in [4.78, 5) is 7.24. The van der Waals surface area contributed by atoms with Gasteiger partial charge in [0.25, 0.3) is 0 Å². The molecule has 1 fully saturated rings. The molecule has 1 aliphatic heterocycles. The monoisotopic (exact) mass is 353 g/mol. The van der Waals surface area contributed by atoms with Gasteiger partial charge in [-0.15, -0.1) is 0 Å². The second-order valence-corrected chi connectivity index (χ2v) is 7.81. The van der Waals surface area contributed by atoms with Crippen molar-refractivity contribution in [2.24, 2.45) is 0 Å². The third kappa shape index (κ3) is 2.85. The minimum absolute atomic E-state index is 0.163. The number of hydrogen-bond donors (Lipinski definition) is 1. The zero-order valence-electron chi connectivity index (χ0n) is 13.8. The predicted octanol–water partition coefficient (Wildman–Crippen LogP) is 2.32. The molecule has 6 nitrogen and oxygen atoms in total. The van der Waals surface area contributed by atoms with E-state index in [9.17, 15) is 12.8 Å². The van der Waals surface area contributed by atoms with Crippen molar-refractivity contribution in [3.8, 4) is 0 Å². The summed E-state index contributed by atoms with van der Waals surface area (Å²) in [6, 6.07) is 4.89. The molecule has 0 bridgehead atoms. The molecular formula is C16H20FN3O3S. The SMILES string of the molecule is CO[C@@H]1C[C@@H](c2nc(C)c(C)[nH]2)N(S(=O)(=O)c2ccccc2F)C1. The number of benzene rings is 1. The Morgan fingerprint density at radius 2 is 2.04 bits per heavy atom. The van der Waals surface area contributed by atoms with Crippen molar-refractivity contribution < 1.29 is 17.5 Å². The molecule has 2 atom stereocenters. The third-order valence-electron chi connectivity index (χ3n) is 4.44. The number of aromatic amines is 1. The Labute approximate surface area is 140 Å². The minimum atomic E-state index is -3.99.